The number of rotatable bonds is 11. The van der Waals surface area contributed by atoms with Crippen molar-refractivity contribution in [1.82, 2.24) is 10.0 Å². The summed E-state index contributed by atoms with van der Waals surface area (Å²) in [5.74, 6) is 0.571. The van der Waals surface area contributed by atoms with E-state index in [0.717, 1.165) is 42.5 Å². The van der Waals surface area contributed by atoms with E-state index in [-0.39, 0.29) is 10.9 Å². The van der Waals surface area contributed by atoms with Crippen LogP contribution in [0.4, 0.5) is 0 Å². The second kappa shape index (κ2) is 12.1. The van der Waals surface area contributed by atoms with Gasteiger partial charge in [-0.25, -0.2) is 13.1 Å². The van der Waals surface area contributed by atoms with Gasteiger partial charge >= 0.3 is 0 Å². The van der Waals surface area contributed by atoms with E-state index in [1.807, 2.05) is 67.6 Å². The molecule has 0 spiro atoms. The summed E-state index contributed by atoms with van der Waals surface area (Å²) >= 11 is 0. The molecule has 3 aromatic rings. The summed E-state index contributed by atoms with van der Waals surface area (Å²) in [5.41, 5.74) is 2.99. The first-order valence-corrected chi connectivity index (χ1v) is 13.8. The van der Waals surface area contributed by atoms with Gasteiger partial charge in [0.15, 0.2) is 0 Å². The average molecular weight is 487 g/mol. The highest BCUT2D eigenvalue weighted by atomic mass is 32.2. The minimum absolute atomic E-state index is 0.222. The molecule has 0 heterocycles. The van der Waals surface area contributed by atoms with Gasteiger partial charge in [0.2, 0.25) is 10.0 Å². The van der Waals surface area contributed by atoms with Crippen LogP contribution in [0.15, 0.2) is 114 Å². The van der Waals surface area contributed by atoms with Crippen LogP contribution >= 0.6 is 0 Å². The van der Waals surface area contributed by atoms with E-state index in [1.54, 1.807) is 12.1 Å². The Hall–Kier alpha value is -2.99. The van der Waals surface area contributed by atoms with E-state index in [4.69, 9.17) is 0 Å². The first-order chi connectivity index (χ1) is 17.0. The Morgan fingerprint density at radius 1 is 0.829 bits per heavy atom. The SMILES string of the molecule is Cc1ccc(S(=O)(=O)N[C@@H](c2ccccc2)[C@@H](NCCCC2C=CC=CC2)c2ccccc2)cc1. The summed E-state index contributed by atoms with van der Waals surface area (Å²) in [6, 6.07) is 26.2. The molecule has 0 amide bonds. The van der Waals surface area contributed by atoms with Crippen molar-refractivity contribution < 1.29 is 8.42 Å². The number of aryl methyl sites for hydroxylation is 1. The monoisotopic (exact) mass is 486 g/mol. The average Bonchev–Trinajstić information content (AvgIpc) is 2.89. The maximum absolute atomic E-state index is 13.4. The zero-order chi connectivity index (χ0) is 24.5. The highest BCUT2D eigenvalue weighted by Crippen LogP contribution is 2.31. The molecule has 1 aliphatic rings. The van der Waals surface area contributed by atoms with Gasteiger partial charge < -0.3 is 5.32 Å². The Bertz CT molecular complexity index is 1220. The molecule has 1 unspecified atom stereocenters. The van der Waals surface area contributed by atoms with Crippen LogP contribution in [0.2, 0.25) is 0 Å². The predicted molar refractivity (Wildman–Crippen MR) is 143 cm³/mol. The minimum Gasteiger partial charge on any atom is -0.308 e. The largest absolute Gasteiger partial charge is 0.308 e. The van der Waals surface area contributed by atoms with Gasteiger partial charge in [0.05, 0.1) is 17.0 Å². The van der Waals surface area contributed by atoms with Gasteiger partial charge in [-0.3, -0.25) is 0 Å². The van der Waals surface area contributed by atoms with Crippen molar-refractivity contribution in [3.63, 3.8) is 0 Å². The van der Waals surface area contributed by atoms with E-state index in [1.165, 1.54) is 0 Å². The molecule has 4 rings (SSSR count). The summed E-state index contributed by atoms with van der Waals surface area (Å²) in [6.45, 7) is 2.74. The van der Waals surface area contributed by atoms with Crippen molar-refractivity contribution in [2.45, 2.75) is 43.2 Å². The highest BCUT2D eigenvalue weighted by Gasteiger charge is 2.29. The van der Waals surface area contributed by atoms with Crippen molar-refractivity contribution in [2.24, 2.45) is 5.92 Å². The van der Waals surface area contributed by atoms with Crippen molar-refractivity contribution >= 4 is 10.0 Å². The van der Waals surface area contributed by atoms with E-state index < -0.39 is 16.1 Å². The van der Waals surface area contributed by atoms with Crippen LogP contribution in [0, 0.1) is 12.8 Å². The Labute approximate surface area is 209 Å². The summed E-state index contributed by atoms with van der Waals surface area (Å²) in [4.78, 5) is 0.271. The molecule has 3 aromatic carbocycles. The summed E-state index contributed by atoms with van der Waals surface area (Å²) in [6.07, 6.45) is 11.9. The van der Waals surface area contributed by atoms with Crippen LogP contribution in [0.3, 0.4) is 0 Å². The van der Waals surface area contributed by atoms with Crippen LogP contribution in [-0.4, -0.2) is 15.0 Å². The Balaban J connectivity index is 1.59. The third-order valence-corrected chi connectivity index (χ3v) is 7.91. The second-order valence-corrected chi connectivity index (χ2v) is 10.8. The first-order valence-electron chi connectivity index (χ1n) is 12.3. The van der Waals surface area contributed by atoms with Gasteiger partial charge in [-0.05, 0) is 61.9 Å². The van der Waals surface area contributed by atoms with Crippen molar-refractivity contribution in [3.05, 3.63) is 126 Å². The number of sulfonamides is 1. The molecule has 3 atom stereocenters. The van der Waals surface area contributed by atoms with Gasteiger partial charge in [0.1, 0.15) is 0 Å². The minimum atomic E-state index is -3.73. The maximum Gasteiger partial charge on any atom is 0.241 e. The molecule has 35 heavy (non-hydrogen) atoms. The van der Waals surface area contributed by atoms with Gasteiger partial charge in [-0.1, -0.05) is 103 Å². The lowest BCUT2D eigenvalue weighted by atomic mass is 9.93. The molecule has 182 valence electrons. The molecule has 0 aliphatic heterocycles. The number of nitrogens with one attached hydrogen (secondary N) is 2. The number of hydrogen-bond donors (Lipinski definition) is 2. The Morgan fingerprint density at radius 3 is 2.06 bits per heavy atom. The second-order valence-electron chi connectivity index (χ2n) is 9.12. The zero-order valence-electron chi connectivity index (χ0n) is 20.2. The number of hydrogen-bond acceptors (Lipinski definition) is 3. The lowest BCUT2D eigenvalue weighted by molar-refractivity contribution is 0.410. The third kappa shape index (κ3) is 7.01. The molecular weight excluding hydrogens is 452 g/mol. The van der Waals surface area contributed by atoms with Gasteiger partial charge in [-0.15, -0.1) is 0 Å². The smallest absolute Gasteiger partial charge is 0.241 e. The van der Waals surface area contributed by atoms with E-state index >= 15 is 0 Å². The van der Waals surface area contributed by atoms with E-state index in [2.05, 4.69) is 46.5 Å². The van der Waals surface area contributed by atoms with Gasteiger partial charge in [0, 0.05) is 0 Å². The lowest BCUT2D eigenvalue weighted by Gasteiger charge is -2.30. The Kier molecular flexibility index (Phi) is 8.69. The first kappa shape index (κ1) is 25.1. The molecule has 1 aliphatic carbocycles. The third-order valence-electron chi connectivity index (χ3n) is 6.45. The molecule has 0 radical (unpaired) electrons. The van der Waals surface area contributed by atoms with E-state index in [0.29, 0.717) is 5.92 Å². The van der Waals surface area contributed by atoms with Crippen molar-refractivity contribution in [2.75, 3.05) is 6.54 Å². The zero-order valence-corrected chi connectivity index (χ0v) is 21.0. The number of benzene rings is 3. The predicted octanol–water partition coefficient (Wildman–Crippen LogP) is 6.26. The highest BCUT2D eigenvalue weighted by molar-refractivity contribution is 7.89. The van der Waals surface area contributed by atoms with Crippen LogP contribution in [-0.2, 0) is 10.0 Å². The molecule has 2 N–H and O–H groups in total. The van der Waals surface area contributed by atoms with Gasteiger partial charge in [-0.2, -0.15) is 0 Å². The van der Waals surface area contributed by atoms with Crippen LogP contribution in [0.5, 0.6) is 0 Å². The topological polar surface area (TPSA) is 58.2 Å². The van der Waals surface area contributed by atoms with Crippen molar-refractivity contribution in [3.8, 4) is 0 Å². The van der Waals surface area contributed by atoms with Crippen LogP contribution in [0.1, 0.15) is 48.0 Å². The fourth-order valence-electron chi connectivity index (χ4n) is 4.50. The molecule has 4 nitrogen and oxygen atoms in total. The summed E-state index contributed by atoms with van der Waals surface area (Å²) in [5, 5.41) is 3.69. The molecule has 0 aromatic heterocycles. The van der Waals surface area contributed by atoms with Crippen molar-refractivity contribution in [1.29, 1.82) is 0 Å². The fourth-order valence-corrected chi connectivity index (χ4v) is 5.73. The summed E-state index contributed by atoms with van der Waals surface area (Å²) in [7, 11) is -3.73. The molecular formula is C30H34N2O2S. The van der Waals surface area contributed by atoms with Crippen LogP contribution in [0.25, 0.3) is 0 Å². The molecule has 0 fully saturated rings. The summed E-state index contributed by atoms with van der Waals surface area (Å²) < 4.78 is 29.9. The standard InChI is InChI=1S/C30H34N2O2S/c1-24-19-21-28(22-20-24)35(33,34)32-30(27-17-9-4-10-18-27)29(26-15-7-3-8-16-26)31-23-11-14-25-12-5-2-6-13-25/h2-10,12,15-22,25,29-32H,11,13-14,23H2,1H3/t25?,29-,30-/m0/s1. The lowest BCUT2D eigenvalue weighted by Crippen LogP contribution is -2.39. The fraction of sp³-hybridized carbons (Fsp3) is 0.267. The molecule has 0 saturated carbocycles. The van der Waals surface area contributed by atoms with Crippen LogP contribution < -0.4 is 10.0 Å². The maximum atomic E-state index is 13.4. The molecule has 0 saturated heterocycles. The quantitative estimate of drug-likeness (QED) is 0.315. The number of allylic oxidation sites excluding steroid dienone is 4. The molecule has 0 bridgehead atoms. The normalized spacial score (nSPS) is 17.2. The van der Waals surface area contributed by atoms with E-state index in [9.17, 15) is 8.42 Å². The molecule has 5 heteroatoms. The Morgan fingerprint density at radius 2 is 1.46 bits per heavy atom. The van der Waals surface area contributed by atoms with Gasteiger partial charge in [0.25, 0.3) is 0 Å².